The van der Waals surface area contributed by atoms with Crippen molar-refractivity contribution < 1.29 is 5.11 Å². The van der Waals surface area contributed by atoms with Gasteiger partial charge in [-0.1, -0.05) is 42.5 Å². The molecule has 2 saturated heterocycles. The first-order valence-corrected chi connectivity index (χ1v) is 9.58. The number of piperidine rings is 2. The van der Waals surface area contributed by atoms with Crippen molar-refractivity contribution in [1.82, 2.24) is 10.6 Å². The van der Waals surface area contributed by atoms with Gasteiger partial charge in [-0.15, -0.1) is 0 Å². The molecule has 3 N–H and O–H groups in total. The highest BCUT2D eigenvalue weighted by atomic mass is 16.3. The number of nitrogens with one attached hydrogen (secondary N) is 2. The van der Waals surface area contributed by atoms with Gasteiger partial charge in [-0.05, 0) is 87.0 Å². The van der Waals surface area contributed by atoms with E-state index in [1.807, 2.05) is 12.1 Å². The van der Waals surface area contributed by atoms with Crippen LogP contribution in [0.25, 0.3) is 0 Å². The van der Waals surface area contributed by atoms with E-state index in [0.717, 1.165) is 19.0 Å². The topological polar surface area (TPSA) is 44.3 Å². The molecule has 0 saturated carbocycles. The van der Waals surface area contributed by atoms with Gasteiger partial charge in [0.15, 0.2) is 0 Å². The number of phenolic OH excluding ortho intramolecular Hbond substituents is 1. The van der Waals surface area contributed by atoms with Crippen molar-refractivity contribution >= 4 is 0 Å². The summed E-state index contributed by atoms with van der Waals surface area (Å²) in [6.45, 7) is 4.59. The summed E-state index contributed by atoms with van der Waals surface area (Å²) >= 11 is 0. The Morgan fingerprint density at radius 3 is 1.52 bits per heavy atom. The van der Waals surface area contributed by atoms with Crippen LogP contribution >= 0.6 is 0 Å². The first-order chi connectivity index (χ1) is 12.3. The molecule has 0 unspecified atom stereocenters. The fraction of sp³-hybridized carbons (Fsp3) is 0.455. The first kappa shape index (κ1) is 18.0. The second kappa shape index (κ2) is 9.59. The van der Waals surface area contributed by atoms with E-state index in [9.17, 15) is 0 Å². The third-order valence-electron chi connectivity index (χ3n) is 5.31. The predicted octanol–water partition coefficient (Wildman–Crippen LogP) is 4.01. The van der Waals surface area contributed by atoms with Gasteiger partial charge in [-0.25, -0.2) is 0 Å². The Kier molecular flexibility index (Phi) is 6.89. The molecule has 2 aromatic rings. The van der Waals surface area contributed by atoms with Crippen molar-refractivity contribution in [2.75, 3.05) is 26.2 Å². The highest BCUT2D eigenvalue weighted by Crippen LogP contribution is 2.26. The minimum atomic E-state index is 0.359. The molecule has 134 valence electrons. The molecule has 3 heteroatoms. The summed E-state index contributed by atoms with van der Waals surface area (Å²) in [5.74, 6) is 1.84. The third-order valence-corrected chi connectivity index (χ3v) is 5.31. The van der Waals surface area contributed by atoms with Gasteiger partial charge in [0, 0.05) is 0 Å². The second-order valence-electron chi connectivity index (χ2n) is 7.05. The normalized spacial score (nSPS) is 19.0. The molecule has 25 heavy (non-hydrogen) atoms. The maximum atomic E-state index is 9.14. The average molecular weight is 338 g/mol. The van der Waals surface area contributed by atoms with E-state index in [1.165, 1.54) is 49.9 Å². The highest BCUT2D eigenvalue weighted by molar-refractivity contribution is 5.28. The molecule has 2 aromatic carbocycles. The van der Waals surface area contributed by atoms with Gasteiger partial charge < -0.3 is 15.7 Å². The molecule has 2 aliphatic rings. The molecule has 4 rings (SSSR count). The summed E-state index contributed by atoms with van der Waals surface area (Å²) in [6.07, 6.45) is 5.02. The van der Waals surface area contributed by atoms with Crippen LogP contribution in [0.1, 0.15) is 48.6 Å². The number of hydrogen-bond donors (Lipinski definition) is 3. The maximum absolute atomic E-state index is 9.14. The average Bonchev–Trinajstić information content (AvgIpc) is 2.71. The number of benzene rings is 2. The fourth-order valence-corrected chi connectivity index (χ4v) is 3.78. The Morgan fingerprint density at radius 2 is 1.04 bits per heavy atom. The number of rotatable bonds is 2. The molecule has 0 amide bonds. The molecular formula is C22H30N2O. The maximum Gasteiger partial charge on any atom is 0.115 e. The Labute approximate surface area is 151 Å². The number of phenols is 1. The van der Waals surface area contributed by atoms with Crippen molar-refractivity contribution in [3.63, 3.8) is 0 Å². The summed E-state index contributed by atoms with van der Waals surface area (Å²) in [4.78, 5) is 0. The standard InChI is InChI=1S/C11H15NO.C11H15N/c13-11-3-1-9(2-4-11)10-5-7-12-8-6-10;1-2-4-10(5-3-1)11-6-8-12-9-7-11/h1-4,10,12-13H,5-8H2;1-5,11-12H,6-9H2. The third kappa shape index (κ3) is 5.58. The SMILES string of the molecule is Oc1ccc(C2CCNCC2)cc1.c1ccc(C2CCNCC2)cc1. The van der Waals surface area contributed by atoms with Gasteiger partial charge in [0.05, 0.1) is 0 Å². The van der Waals surface area contributed by atoms with Crippen LogP contribution in [0.15, 0.2) is 54.6 Å². The molecule has 0 atom stereocenters. The summed E-state index contributed by atoms with van der Waals surface area (Å²) in [6, 6.07) is 18.5. The van der Waals surface area contributed by atoms with E-state index in [2.05, 4.69) is 41.0 Å². The zero-order valence-corrected chi connectivity index (χ0v) is 15.0. The Bertz CT molecular complexity index is 600. The number of hydrogen-bond acceptors (Lipinski definition) is 3. The molecule has 2 fully saturated rings. The molecular weight excluding hydrogens is 308 g/mol. The minimum absolute atomic E-state index is 0.359. The van der Waals surface area contributed by atoms with Crippen LogP contribution in [0.5, 0.6) is 5.75 Å². The molecule has 0 radical (unpaired) electrons. The summed E-state index contributed by atoms with van der Waals surface area (Å²) in [7, 11) is 0. The van der Waals surface area contributed by atoms with Gasteiger partial charge in [0.2, 0.25) is 0 Å². The van der Waals surface area contributed by atoms with Gasteiger partial charge in [0.25, 0.3) is 0 Å². The summed E-state index contributed by atoms with van der Waals surface area (Å²) in [5.41, 5.74) is 2.87. The largest absolute Gasteiger partial charge is 0.508 e. The summed E-state index contributed by atoms with van der Waals surface area (Å²) < 4.78 is 0. The van der Waals surface area contributed by atoms with Gasteiger partial charge in [-0.2, -0.15) is 0 Å². The van der Waals surface area contributed by atoms with Crippen LogP contribution in [0, 0.1) is 0 Å². The van der Waals surface area contributed by atoms with Crippen molar-refractivity contribution in [1.29, 1.82) is 0 Å². The highest BCUT2D eigenvalue weighted by Gasteiger charge is 2.14. The van der Waals surface area contributed by atoms with E-state index >= 15 is 0 Å². The molecule has 0 spiro atoms. The van der Waals surface area contributed by atoms with Crippen LogP contribution in [-0.2, 0) is 0 Å². The molecule has 2 aliphatic heterocycles. The monoisotopic (exact) mass is 338 g/mol. The molecule has 0 aliphatic carbocycles. The zero-order valence-electron chi connectivity index (χ0n) is 15.0. The van der Waals surface area contributed by atoms with Gasteiger partial charge in [-0.3, -0.25) is 0 Å². The van der Waals surface area contributed by atoms with E-state index in [0.29, 0.717) is 11.7 Å². The Morgan fingerprint density at radius 1 is 0.600 bits per heavy atom. The van der Waals surface area contributed by atoms with E-state index in [1.54, 1.807) is 12.1 Å². The smallest absolute Gasteiger partial charge is 0.115 e. The quantitative estimate of drug-likeness (QED) is 0.775. The van der Waals surface area contributed by atoms with E-state index < -0.39 is 0 Å². The lowest BCUT2D eigenvalue weighted by molar-refractivity contribution is 0.457. The van der Waals surface area contributed by atoms with Crippen molar-refractivity contribution in [3.8, 4) is 5.75 Å². The molecule has 3 nitrogen and oxygen atoms in total. The number of aromatic hydroxyl groups is 1. The zero-order chi connectivity index (χ0) is 17.3. The second-order valence-corrected chi connectivity index (χ2v) is 7.05. The van der Waals surface area contributed by atoms with E-state index in [4.69, 9.17) is 5.11 Å². The van der Waals surface area contributed by atoms with Crippen molar-refractivity contribution in [2.45, 2.75) is 37.5 Å². The molecule has 0 bridgehead atoms. The lowest BCUT2D eigenvalue weighted by Crippen LogP contribution is -2.26. The molecule has 0 aromatic heterocycles. The van der Waals surface area contributed by atoms with Crippen LogP contribution in [0.2, 0.25) is 0 Å². The fourth-order valence-electron chi connectivity index (χ4n) is 3.78. The summed E-state index contributed by atoms with van der Waals surface area (Å²) in [5, 5.41) is 15.9. The van der Waals surface area contributed by atoms with Gasteiger partial charge in [0.1, 0.15) is 5.75 Å². The Hall–Kier alpha value is -1.84. The van der Waals surface area contributed by atoms with Crippen LogP contribution < -0.4 is 10.6 Å². The Balaban J connectivity index is 0.000000146. The van der Waals surface area contributed by atoms with Crippen LogP contribution in [-0.4, -0.2) is 31.3 Å². The van der Waals surface area contributed by atoms with Crippen LogP contribution in [0.3, 0.4) is 0 Å². The first-order valence-electron chi connectivity index (χ1n) is 9.58. The van der Waals surface area contributed by atoms with Gasteiger partial charge >= 0.3 is 0 Å². The minimum Gasteiger partial charge on any atom is -0.508 e. The predicted molar refractivity (Wildman–Crippen MR) is 104 cm³/mol. The molecule has 2 heterocycles. The van der Waals surface area contributed by atoms with E-state index in [-0.39, 0.29) is 0 Å². The van der Waals surface area contributed by atoms with Crippen molar-refractivity contribution in [2.24, 2.45) is 0 Å². The van der Waals surface area contributed by atoms with Crippen LogP contribution in [0.4, 0.5) is 0 Å². The lowest BCUT2D eigenvalue weighted by atomic mass is 9.90. The van der Waals surface area contributed by atoms with Crippen molar-refractivity contribution in [3.05, 3.63) is 65.7 Å². The lowest BCUT2D eigenvalue weighted by Gasteiger charge is -2.22.